The first kappa shape index (κ1) is 43.2. The Kier molecular flexibility index (Phi) is 15.5. The summed E-state index contributed by atoms with van der Waals surface area (Å²) in [6, 6.07) is 12.8. The number of methoxy groups -OCH3 is 2. The second kappa shape index (κ2) is 19.8. The maximum atomic E-state index is 12.7. The van der Waals surface area contributed by atoms with E-state index in [1.54, 1.807) is 57.2 Å². The number of nitrogens with zero attached hydrogens (tertiary/aromatic N) is 2. The van der Waals surface area contributed by atoms with E-state index in [-0.39, 0.29) is 68.2 Å². The van der Waals surface area contributed by atoms with Crippen molar-refractivity contribution in [1.29, 1.82) is 0 Å². The molecule has 17 nitrogen and oxygen atoms in total. The fourth-order valence-electron chi connectivity index (χ4n) is 4.74. The number of hydrogen-bond acceptors (Lipinski definition) is 13. The number of nitrogen functional groups attached to an aromatic ring is 1. The van der Waals surface area contributed by atoms with Crippen LogP contribution in [-0.2, 0) is 4.74 Å². The predicted molar refractivity (Wildman–Crippen MR) is 208 cm³/mol. The van der Waals surface area contributed by atoms with Gasteiger partial charge >= 0.3 is 6.09 Å². The number of carbonyl (C=O) groups excluding carboxylic acids is 5. The highest BCUT2D eigenvalue weighted by atomic mass is 35.5. The van der Waals surface area contributed by atoms with Crippen molar-refractivity contribution < 1.29 is 38.2 Å². The first-order valence-electron chi connectivity index (χ1n) is 16.2. The summed E-state index contributed by atoms with van der Waals surface area (Å²) >= 11 is 11.9. The number of aromatic nitrogens is 2. The molecule has 55 heavy (non-hydrogen) atoms. The highest BCUT2D eigenvalue weighted by Gasteiger charge is 2.22. The summed E-state index contributed by atoms with van der Waals surface area (Å²) in [5.74, 6) is 4.11. The normalized spacial score (nSPS) is 10.4. The molecule has 4 aromatic rings. The highest BCUT2D eigenvalue weighted by Crippen LogP contribution is 2.34. The van der Waals surface area contributed by atoms with E-state index >= 15 is 0 Å². The Balaban J connectivity index is 0.000000305. The number of hydrogen-bond donors (Lipinski definition) is 7. The Hall–Kier alpha value is -6.17. The monoisotopic (exact) mass is 797 g/mol. The summed E-state index contributed by atoms with van der Waals surface area (Å²) in [7, 11) is 5.84. The van der Waals surface area contributed by atoms with E-state index < -0.39 is 17.6 Å². The van der Waals surface area contributed by atoms with Gasteiger partial charge in [-0.25, -0.2) is 20.6 Å². The molecule has 19 heteroatoms. The van der Waals surface area contributed by atoms with Crippen LogP contribution in [0.2, 0.25) is 10.3 Å². The van der Waals surface area contributed by atoms with Crippen molar-refractivity contribution in [1.82, 2.24) is 31.3 Å². The number of amides is 4. The summed E-state index contributed by atoms with van der Waals surface area (Å²) in [5.41, 5.74) is 4.10. The third-order valence-electron chi connectivity index (χ3n) is 7.13. The molecule has 2 heterocycles. The minimum atomic E-state index is -0.698. The Morgan fingerprint density at radius 1 is 0.691 bits per heavy atom. The van der Waals surface area contributed by atoms with Crippen LogP contribution in [0.3, 0.4) is 0 Å². The van der Waals surface area contributed by atoms with E-state index in [1.165, 1.54) is 52.8 Å². The molecule has 0 saturated heterocycles. The molecule has 292 valence electrons. The fourth-order valence-corrected chi connectivity index (χ4v) is 5.05. The lowest BCUT2D eigenvalue weighted by Crippen LogP contribution is -2.35. The van der Waals surface area contributed by atoms with E-state index in [2.05, 4.69) is 42.0 Å². The van der Waals surface area contributed by atoms with Crippen molar-refractivity contribution >= 4 is 75.5 Å². The zero-order valence-electron chi connectivity index (χ0n) is 31.0. The molecule has 2 aromatic heterocycles. The van der Waals surface area contributed by atoms with Crippen LogP contribution in [0.15, 0.2) is 60.9 Å². The molecular weight excluding hydrogens is 757 g/mol. The Morgan fingerprint density at radius 2 is 1.15 bits per heavy atom. The molecule has 0 fully saturated rings. The number of hydrazine groups is 1. The van der Waals surface area contributed by atoms with Gasteiger partial charge in [0.1, 0.15) is 15.9 Å². The van der Waals surface area contributed by atoms with E-state index in [9.17, 15) is 24.0 Å². The zero-order chi connectivity index (χ0) is 40.9. The highest BCUT2D eigenvalue weighted by molar-refractivity contribution is 6.30. The number of carbonyl (C=O) groups is 5. The molecule has 0 spiro atoms. The van der Waals surface area contributed by atoms with Gasteiger partial charge in [-0.2, -0.15) is 0 Å². The Bertz CT molecular complexity index is 2060. The standard InChI is InChI=1S/C21H25ClN4O5.C15H16ClN5O3/c1-21(2,3)31-20(29)25-11-16(27)12-7-6-8-14(18(12)30-5)26-15-9-17(22)24-10-13(15)19(28)23-4;1-18-14(22)9-7-19-12(16)6-11(9)20-10-5-3-4-8(13(10)24-2)15(23)21-17/h6-10H,11H2,1-5H3,(H,23,28)(H,24,26)(H,25,29);3-7H,17H2,1-2H3,(H,18,22)(H,19,20)(H,21,23). The van der Waals surface area contributed by atoms with Crippen LogP contribution in [0, 0.1) is 0 Å². The SMILES string of the molecule is CNC(=O)c1cnc(Cl)cc1Nc1cccc(C(=O)CNC(=O)OC(C)(C)C)c1OC.CNC(=O)c1cnc(Cl)cc1Nc1cccc(C(=O)NN)c1OC. The van der Waals surface area contributed by atoms with E-state index in [1.807, 2.05) is 0 Å². The van der Waals surface area contributed by atoms with Gasteiger partial charge in [0.05, 0.1) is 65.8 Å². The van der Waals surface area contributed by atoms with Crippen molar-refractivity contribution in [2.45, 2.75) is 26.4 Å². The molecule has 0 aliphatic carbocycles. The Morgan fingerprint density at radius 3 is 1.56 bits per heavy atom. The molecule has 0 bridgehead atoms. The lowest BCUT2D eigenvalue weighted by molar-refractivity contribution is 0.0519. The minimum absolute atomic E-state index is 0.183. The van der Waals surface area contributed by atoms with Crippen molar-refractivity contribution in [2.24, 2.45) is 5.84 Å². The average Bonchev–Trinajstić information content (AvgIpc) is 3.15. The number of nitrogens with two attached hydrogens (primary N) is 1. The molecule has 0 radical (unpaired) electrons. The van der Waals surface area contributed by atoms with E-state index in [0.717, 1.165) is 0 Å². The summed E-state index contributed by atoms with van der Waals surface area (Å²) in [5, 5.41) is 14.0. The predicted octanol–water partition coefficient (Wildman–Crippen LogP) is 5.00. The second-order valence-corrected chi connectivity index (χ2v) is 12.8. The number of Topliss-reactive ketones (excluding diaryl/α,β-unsaturated/α-hetero) is 1. The molecular formula is C36H41Cl2N9O8. The lowest BCUT2D eigenvalue weighted by Gasteiger charge is -2.20. The number of rotatable bonds is 12. The molecule has 0 aliphatic rings. The van der Waals surface area contributed by atoms with Gasteiger partial charge < -0.3 is 40.8 Å². The van der Waals surface area contributed by atoms with Gasteiger partial charge in [-0.05, 0) is 57.2 Å². The molecule has 0 unspecified atom stereocenters. The number of pyridine rings is 2. The van der Waals surface area contributed by atoms with Crippen LogP contribution in [0.1, 0.15) is 62.2 Å². The number of anilines is 4. The number of benzene rings is 2. The van der Waals surface area contributed by atoms with Crippen molar-refractivity contribution in [3.63, 3.8) is 0 Å². The van der Waals surface area contributed by atoms with Crippen LogP contribution in [0.25, 0.3) is 0 Å². The largest absolute Gasteiger partial charge is 0.494 e. The van der Waals surface area contributed by atoms with Crippen molar-refractivity contribution in [3.8, 4) is 11.5 Å². The smallest absolute Gasteiger partial charge is 0.408 e. The number of ketones is 1. The van der Waals surface area contributed by atoms with Gasteiger partial charge in [-0.15, -0.1) is 0 Å². The first-order chi connectivity index (χ1) is 26.1. The zero-order valence-corrected chi connectivity index (χ0v) is 32.5. The van der Waals surface area contributed by atoms with Crippen LogP contribution in [0.5, 0.6) is 11.5 Å². The van der Waals surface area contributed by atoms with Crippen molar-refractivity contribution in [3.05, 3.63) is 93.5 Å². The van der Waals surface area contributed by atoms with Gasteiger partial charge in [0.25, 0.3) is 17.7 Å². The molecule has 0 atom stereocenters. The van der Waals surface area contributed by atoms with Gasteiger partial charge in [0, 0.05) is 26.5 Å². The fraction of sp³-hybridized carbons (Fsp3) is 0.250. The van der Waals surface area contributed by atoms with Gasteiger partial charge in [0.2, 0.25) is 0 Å². The number of alkyl carbamates (subject to hydrolysis) is 1. The van der Waals surface area contributed by atoms with Gasteiger partial charge in [-0.3, -0.25) is 24.6 Å². The maximum absolute atomic E-state index is 12.7. The topological polar surface area (TPSA) is 237 Å². The summed E-state index contributed by atoms with van der Waals surface area (Å²) in [6.45, 7) is 4.90. The molecule has 4 amide bonds. The minimum Gasteiger partial charge on any atom is -0.494 e. The lowest BCUT2D eigenvalue weighted by atomic mass is 10.1. The van der Waals surface area contributed by atoms with Crippen LogP contribution in [0.4, 0.5) is 27.5 Å². The quantitative estimate of drug-likeness (QED) is 0.0329. The molecule has 4 rings (SSSR count). The summed E-state index contributed by atoms with van der Waals surface area (Å²) in [6.07, 6.45) is 2.00. The molecule has 2 aromatic carbocycles. The van der Waals surface area contributed by atoms with E-state index in [4.69, 9.17) is 43.3 Å². The van der Waals surface area contributed by atoms with Crippen LogP contribution in [-0.4, -0.2) is 80.0 Å². The number of nitrogens with one attached hydrogen (secondary N) is 6. The number of para-hydroxylation sites is 2. The average molecular weight is 799 g/mol. The van der Waals surface area contributed by atoms with Gasteiger partial charge in [0.15, 0.2) is 17.3 Å². The molecule has 8 N–H and O–H groups in total. The van der Waals surface area contributed by atoms with Crippen LogP contribution >= 0.6 is 23.2 Å². The molecule has 0 saturated carbocycles. The van der Waals surface area contributed by atoms with Crippen LogP contribution < -0.4 is 47.3 Å². The summed E-state index contributed by atoms with van der Waals surface area (Å²) < 4.78 is 15.9. The van der Waals surface area contributed by atoms with Gasteiger partial charge in [-0.1, -0.05) is 35.3 Å². The van der Waals surface area contributed by atoms with Crippen molar-refractivity contribution in [2.75, 3.05) is 45.5 Å². The maximum Gasteiger partial charge on any atom is 0.408 e. The van der Waals surface area contributed by atoms with E-state index in [0.29, 0.717) is 22.7 Å². The Labute approximate surface area is 327 Å². The summed E-state index contributed by atoms with van der Waals surface area (Å²) in [4.78, 5) is 68.3. The molecule has 0 aliphatic heterocycles. The third-order valence-corrected chi connectivity index (χ3v) is 7.54. The number of halogens is 2. The third kappa shape index (κ3) is 11.9. The first-order valence-corrected chi connectivity index (χ1v) is 17.0. The second-order valence-electron chi connectivity index (χ2n) is 12.0. The number of ether oxygens (including phenoxy) is 3.